The Bertz CT molecular complexity index is 1070. The lowest BCUT2D eigenvalue weighted by Crippen LogP contribution is -2.45. The maximum absolute atomic E-state index is 12.4. The molecular formula is C57H105NO5. The van der Waals surface area contributed by atoms with Gasteiger partial charge in [-0.2, -0.15) is 0 Å². The highest BCUT2D eigenvalue weighted by molar-refractivity contribution is 5.76. The molecular weight excluding hydrogens is 779 g/mol. The van der Waals surface area contributed by atoms with Gasteiger partial charge in [-0.15, -0.1) is 0 Å². The number of allylic oxidation sites excluding steroid dienone is 7. The first-order chi connectivity index (χ1) is 31.0. The van der Waals surface area contributed by atoms with Gasteiger partial charge >= 0.3 is 5.97 Å². The van der Waals surface area contributed by atoms with E-state index < -0.39 is 12.1 Å². The van der Waals surface area contributed by atoms with Gasteiger partial charge in [0.15, 0.2) is 0 Å². The summed E-state index contributed by atoms with van der Waals surface area (Å²) >= 11 is 0. The predicted molar refractivity (Wildman–Crippen MR) is 273 cm³/mol. The largest absolute Gasteiger partial charge is 0.466 e. The normalized spacial score (nSPS) is 13.0. The highest BCUT2D eigenvalue weighted by Crippen LogP contribution is 2.16. The van der Waals surface area contributed by atoms with Gasteiger partial charge < -0.3 is 20.3 Å². The first-order valence-electron chi connectivity index (χ1n) is 27.4. The highest BCUT2D eigenvalue weighted by atomic mass is 16.5. The maximum atomic E-state index is 12.4. The molecule has 0 aliphatic rings. The zero-order chi connectivity index (χ0) is 45.8. The van der Waals surface area contributed by atoms with Crippen LogP contribution in [0.2, 0.25) is 0 Å². The van der Waals surface area contributed by atoms with Crippen LogP contribution >= 0.6 is 0 Å². The summed E-state index contributed by atoms with van der Waals surface area (Å²) in [6.45, 7) is 4.82. The summed E-state index contributed by atoms with van der Waals surface area (Å²) in [5.74, 6) is -0.176. The van der Waals surface area contributed by atoms with E-state index in [1.165, 1.54) is 193 Å². The summed E-state index contributed by atoms with van der Waals surface area (Å²) < 4.78 is 5.44. The summed E-state index contributed by atoms with van der Waals surface area (Å²) in [5, 5.41) is 23.1. The number of unbranched alkanes of at least 4 members (excludes halogenated alkanes) is 33. The third kappa shape index (κ3) is 49.1. The van der Waals surface area contributed by atoms with Crippen LogP contribution in [0, 0.1) is 0 Å². The Morgan fingerprint density at radius 2 is 0.810 bits per heavy atom. The van der Waals surface area contributed by atoms with Crippen molar-refractivity contribution in [2.45, 2.75) is 289 Å². The second-order valence-electron chi connectivity index (χ2n) is 18.5. The molecule has 0 spiro atoms. The minimum absolute atomic E-state index is 0.0282. The van der Waals surface area contributed by atoms with Crippen LogP contribution in [0.1, 0.15) is 277 Å². The molecule has 0 bridgehead atoms. The summed E-state index contributed by atoms with van der Waals surface area (Å²) in [5.41, 5.74) is 0. The van der Waals surface area contributed by atoms with Crippen molar-refractivity contribution < 1.29 is 24.5 Å². The Kier molecular flexibility index (Phi) is 50.6. The number of esters is 1. The van der Waals surface area contributed by atoms with Crippen LogP contribution < -0.4 is 5.32 Å². The van der Waals surface area contributed by atoms with Crippen LogP contribution in [0.5, 0.6) is 0 Å². The van der Waals surface area contributed by atoms with Crippen LogP contribution in [-0.2, 0) is 14.3 Å². The number of hydrogen-bond donors (Lipinski definition) is 3. The Labute approximate surface area is 391 Å². The summed E-state index contributed by atoms with van der Waals surface area (Å²) in [6, 6.07) is -0.673. The van der Waals surface area contributed by atoms with E-state index in [0.29, 0.717) is 25.9 Å². The first kappa shape index (κ1) is 60.8. The zero-order valence-electron chi connectivity index (χ0n) is 41.8. The molecule has 0 aromatic heterocycles. The molecule has 0 fully saturated rings. The van der Waals surface area contributed by atoms with Crippen molar-refractivity contribution in [2.24, 2.45) is 0 Å². The molecule has 3 N–H and O–H groups in total. The summed E-state index contributed by atoms with van der Waals surface area (Å²) in [6.07, 6.45) is 65.6. The number of aliphatic hydroxyl groups excluding tert-OH is 2. The van der Waals surface area contributed by atoms with Crippen molar-refractivity contribution in [3.8, 4) is 0 Å². The lowest BCUT2D eigenvalue weighted by molar-refractivity contribution is -0.143. The van der Waals surface area contributed by atoms with E-state index in [0.717, 1.165) is 51.4 Å². The molecule has 6 nitrogen and oxygen atoms in total. The number of ether oxygens (including phenoxy) is 1. The fourth-order valence-electron chi connectivity index (χ4n) is 8.09. The third-order valence-corrected chi connectivity index (χ3v) is 12.3. The molecule has 0 saturated heterocycles. The van der Waals surface area contributed by atoms with E-state index in [1.807, 2.05) is 12.2 Å². The van der Waals surface area contributed by atoms with E-state index in [4.69, 9.17) is 4.74 Å². The van der Waals surface area contributed by atoms with Gasteiger partial charge in [0.2, 0.25) is 5.91 Å². The zero-order valence-corrected chi connectivity index (χ0v) is 41.8. The molecule has 1 amide bonds. The molecule has 2 atom stereocenters. The van der Waals surface area contributed by atoms with Gasteiger partial charge in [-0.3, -0.25) is 9.59 Å². The number of carbonyl (C=O) groups excluding carboxylic acids is 2. The first-order valence-corrected chi connectivity index (χ1v) is 27.4. The Hall–Kier alpha value is -2.18. The second-order valence-corrected chi connectivity index (χ2v) is 18.5. The van der Waals surface area contributed by atoms with Crippen molar-refractivity contribution in [1.82, 2.24) is 5.32 Å². The number of aliphatic hydroxyl groups is 2. The predicted octanol–water partition coefficient (Wildman–Crippen LogP) is 16.6. The van der Waals surface area contributed by atoms with E-state index in [9.17, 15) is 19.8 Å². The molecule has 0 aliphatic carbocycles. The number of hydrogen-bond acceptors (Lipinski definition) is 5. The Morgan fingerprint density at radius 3 is 1.27 bits per heavy atom. The van der Waals surface area contributed by atoms with Gasteiger partial charge in [0.25, 0.3) is 0 Å². The topological polar surface area (TPSA) is 95.9 Å². The van der Waals surface area contributed by atoms with E-state index in [-0.39, 0.29) is 18.5 Å². The van der Waals surface area contributed by atoms with E-state index in [2.05, 4.69) is 49.5 Å². The number of nitrogens with one attached hydrogen (secondary N) is 1. The molecule has 0 saturated carbocycles. The molecule has 63 heavy (non-hydrogen) atoms. The average Bonchev–Trinajstić information content (AvgIpc) is 3.28. The quantitative estimate of drug-likeness (QED) is 0.0321. The molecule has 368 valence electrons. The lowest BCUT2D eigenvalue weighted by Gasteiger charge is -2.19. The molecule has 0 radical (unpaired) electrons. The fraction of sp³-hybridized carbons (Fsp3) is 0.825. The third-order valence-electron chi connectivity index (χ3n) is 12.3. The Balaban J connectivity index is 3.60. The van der Waals surface area contributed by atoms with E-state index >= 15 is 0 Å². The summed E-state index contributed by atoms with van der Waals surface area (Å²) in [7, 11) is 0. The molecule has 0 heterocycles. The van der Waals surface area contributed by atoms with Crippen molar-refractivity contribution in [2.75, 3.05) is 13.2 Å². The minimum Gasteiger partial charge on any atom is -0.466 e. The van der Waals surface area contributed by atoms with Gasteiger partial charge in [0.05, 0.1) is 25.4 Å². The fourth-order valence-corrected chi connectivity index (χ4v) is 8.09. The van der Waals surface area contributed by atoms with Crippen molar-refractivity contribution in [1.29, 1.82) is 0 Å². The van der Waals surface area contributed by atoms with E-state index in [1.54, 1.807) is 6.08 Å². The molecule has 6 heteroatoms. The van der Waals surface area contributed by atoms with Gasteiger partial charge in [-0.25, -0.2) is 0 Å². The Morgan fingerprint density at radius 1 is 0.444 bits per heavy atom. The van der Waals surface area contributed by atoms with Crippen molar-refractivity contribution in [3.63, 3.8) is 0 Å². The van der Waals surface area contributed by atoms with Gasteiger partial charge in [0, 0.05) is 12.8 Å². The summed E-state index contributed by atoms with van der Waals surface area (Å²) in [4.78, 5) is 24.4. The number of carbonyl (C=O) groups is 2. The molecule has 0 aromatic carbocycles. The number of rotatable bonds is 50. The van der Waals surface area contributed by atoms with Crippen LogP contribution in [0.4, 0.5) is 0 Å². The maximum Gasteiger partial charge on any atom is 0.305 e. The monoisotopic (exact) mass is 884 g/mol. The van der Waals surface area contributed by atoms with Crippen LogP contribution in [0.25, 0.3) is 0 Å². The lowest BCUT2D eigenvalue weighted by atomic mass is 10.0. The van der Waals surface area contributed by atoms with Crippen LogP contribution in [0.15, 0.2) is 48.6 Å². The minimum atomic E-state index is -0.881. The van der Waals surface area contributed by atoms with Crippen LogP contribution in [0.3, 0.4) is 0 Å². The molecule has 2 unspecified atom stereocenters. The van der Waals surface area contributed by atoms with Gasteiger partial charge in [-0.05, 0) is 77.0 Å². The van der Waals surface area contributed by atoms with Crippen molar-refractivity contribution >= 4 is 11.9 Å². The van der Waals surface area contributed by atoms with Gasteiger partial charge in [-0.1, -0.05) is 236 Å². The molecule has 0 aromatic rings. The van der Waals surface area contributed by atoms with Crippen molar-refractivity contribution in [3.05, 3.63) is 48.6 Å². The smallest absolute Gasteiger partial charge is 0.305 e. The van der Waals surface area contributed by atoms with Crippen LogP contribution in [-0.4, -0.2) is 47.4 Å². The SMILES string of the molecule is CCCCCC/C=C\CCCCCCCC(=O)OCCCCCCCC/C=C\C/C=C\CCC(=O)NC(CO)C(O)/C=C/CCCCCCCCCCCCCCCCCCCC. The molecule has 0 aliphatic heterocycles. The highest BCUT2D eigenvalue weighted by Gasteiger charge is 2.17. The average molecular weight is 884 g/mol. The molecule has 0 rings (SSSR count). The second kappa shape index (κ2) is 52.4. The van der Waals surface area contributed by atoms with Gasteiger partial charge in [0.1, 0.15) is 0 Å². The number of amides is 1. The standard InChI is InChI=1S/C57H105NO5/c1-3-5-7-9-11-13-15-17-18-19-20-21-22-23-26-29-33-37-41-45-49-55(60)54(53-59)58-56(61)50-46-42-38-34-30-27-24-28-32-36-40-44-48-52-63-57(62)51-47-43-39-35-31-25-16-14-12-10-8-6-4-2/h14,16,27,30,38,42,45,49,54-55,59-60H,3-13,15,17-26,28-29,31-37,39-41,43-44,46-48,50-53H2,1-2H3,(H,58,61)/b16-14-,30-27-,42-38-,49-45+.